The number of nitrogens with one attached hydrogen (secondary N) is 1. The molecule has 1 atom stereocenters. The van der Waals surface area contributed by atoms with Crippen LogP contribution in [0, 0.1) is 18.8 Å². The summed E-state index contributed by atoms with van der Waals surface area (Å²) in [4.78, 5) is 12.2. The average molecular weight is 283 g/mol. The van der Waals surface area contributed by atoms with E-state index >= 15 is 0 Å². The molecular weight excluding hydrogens is 266 g/mol. The number of aryl methyl sites for hydroxylation is 1. The summed E-state index contributed by atoms with van der Waals surface area (Å²) in [6.45, 7) is 3.57. The van der Waals surface area contributed by atoms with Crippen molar-refractivity contribution in [2.24, 2.45) is 0 Å². The maximum absolute atomic E-state index is 12.2. The van der Waals surface area contributed by atoms with Crippen molar-refractivity contribution in [2.75, 3.05) is 6.61 Å². The van der Waals surface area contributed by atoms with Gasteiger partial charge < -0.3 is 14.8 Å². The zero-order valence-electron chi connectivity index (χ0n) is 12.0. The third-order valence-corrected chi connectivity index (χ3v) is 3.11. The van der Waals surface area contributed by atoms with Crippen molar-refractivity contribution in [3.8, 4) is 11.8 Å². The molecular formula is C17H17NO3. The van der Waals surface area contributed by atoms with Gasteiger partial charge in [0.1, 0.15) is 12.4 Å². The number of benzene rings is 1. The average Bonchev–Trinajstić information content (AvgIpc) is 3.00. The Labute approximate surface area is 123 Å². The van der Waals surface area contributed by atoms with Crippen LogP contribution in [0.1, 0.15) is 40.2 Å². The smallest absolute Gasteiger partial charge is 0.251 e. The molecule has 1 aromatic carbocycles. The van der Waals surface area contributed by atoms with E-state index in [-0.39, 0.29) is 18.6 Å². The Hall–Kier alpha value is -2.51. The van der Waals surface area contributed by atoms with Crippen LogP contribution in [0.25, 0.3) is 0 Å². The van der Waals surface area contributed by atoms with Crippen LogP contribution < -0.4 is 5.32 Å². The summed E-state index contributed by atoms with van der Waals surface area (Å²) in [5, 5.41) is 11.6. The van der Waals surface area contributed by atoms with E-state index in [1.807, 2.05) is 19.9 Å². The normalized spacial score (nSPS) is 11.4. The van der Waals surface area contributed by atoms with E-state index in [1.165, 1.54) is 0 Å². The second kappa shape index (κ2) is 6.78. The van der Waals surface area contributed by atoms with E-state index in [0.717, 1.165) is 11.1 Å². The largest absolute Gasteiger partial charge is 0.467 e. The number of amides is 1. The second-order valence-electron chi connectivity index (χ2n) is 4.70. The van der Waals surface area contributed by atoms with Crippen LogP contribution in [-0.2, 0) is 0 Å². The SMILES string of the molecule is Cc1cc(C(=O)NC(C)c2ccco2)ccc1C#CCO. The Balaban J connectivity index is 2.11. The molecule has 0 saturated carbocycles. The Morgan fingerprint density at radius 2 is 2.24 bits per heavy atom. The van der Waals surface area contributed by atoms with Gasteiger partial charge in [-0.05, 0) is 49.7 Å². The number of aliphatic hydroxyl groups excluding tert-OH is 1. The van der Waals surface area contributed by atoms with Crippen LogP contribution in [0.3, 0.4) is 0 Å². The molecule has 0 radical (unpaired) electrons. The highest BCUT2D eigenvalue weighted by Crippen LogP contribution is 2.15. The predicted octanol–water partition coefficient (Wildman–Crippen LogP) is 2.42. The van der Waals surface area contributed by atoms with Crippen LogP contribution >= 0.6 is 0 Å². The lowest BCUT2D eigenvalue weighted by atomic mass is 10.0. The van der Waals surface area contributed by atoms with Crippen molar-refractivity contribution in [1.29, 1.82) is 0 Å². The van der Waals surface area contributed by atoms with Gasteiger partial charge in [0.15, 0.2) is 0 Å². The predicted molar refractivity (Wildman–Crippen MR) is 79.7 cm³/mol. The maximum atomic E-state index is 12.2. The number of furan rings is 1. The summed E-state index contributed by atoms with van der Waals surface area (Å²) >= 11 is 0. The Morgan fingerprint density at radius 3 is 2.86 bits per heavy atom. The first-order chi connectivity index (χ1) is 10.1. The van der Waals surface area contributed by atoms with Gasteiger partial charge in [-0.1, -0.05) is 11.8 Å². The summed E-state index contributed by atoms with van der Waals surface area (Å²) in [5.74, 6) is 5.99. The molecule has 1 heterocycles. The fraction of sp³-hybridized carbons (Fsp3) is 0.235. The Morgan fingerprint density at radius 1 is 1.43 bits per heavy atom. The highest BCUT2D eigenvalue weighted by Gasteiger charge is 2.13. The van der Waals surface area contributed by atoms with Crippen LogP contribution in [0.5, 0.6) is 0 Å². The first kappa shape index (κ1) is 14.9. The number of carbonyl (C=O) groups excluding carboxylic acids is 1. The number of hydrogen-bond donors (Lipinski definition) is 2. The molecule has 0 aliphatic rings. The van der Waals surface area contributed by atoms with Crippen molar-refractivity contribution in [2.45, 2.75) is 19.9 Å². The summed E-state index contributed by atoms with van der Waals surface area (Å²) in [7, 11) is 0. The lowest BCUT2D eigenvalue weighted by Gasteiger charge is -2.12. The van der Waals surface area contributed by atoms with Crippen molar-refractivity contribution in [3.05, 3.63) is 59.0 Å². The molecule has 0 bridgehead atoms. The highest BCUT2D eigenvalue weighted by atomic mass is 16.3. The van der Waals surface area contributed by atoms with Gasteiger partial charge in [0.25, 0.3) is 5.91 Å². The number of hydrogen-bond acceptors (Lipinski definition) is 3. The monoisotopic (exact) mass is 283 g/mol. The van der Waals surface area contributed by atoms with Gasteiger partial charge in [0.2, 0.25) is 0 Å². The van der Waals surface area contributed by atoms with Crippen LogP contribution in [0.2, 0.25) is 0 Å². The fourth-order valence-corrected chi connectivity index (χ4v) is 1.97. The molecule has 0 aliphatic carbocycles. The number of aliphatic hydroxyl groups is 1. The first-order valence-corrected chi connectivity index (χ1v) is 6.66. The third-order valence-electron chi connectivity index (χ3n) is 3.11. The standard InChI is InChI=1S/C17H17NO3/c1-12-11-15(8-7-14(12)5-3-9-19)17(20)18-13(2)16-6-4-10-21-16/h4,6-8,10-11,13,19H,9H2,1-2H3,(H,18,20). The molecule has 0 aliphatic heterocycles. The van der Waals surface area contributed by atoms with Gasteiger partial charge in [0, 0.05) is 11.1 Å². The van der Waals surface area contributed by atoms with Gasteiger partial charge in [-0.15, -0.1) is 0 Å². The minimum Gasteiger partial charge on any atom is -0.467 e. The highest BCUT2D eigenvalue weighted by molar-refractivity contribution is 5.94. The van der Waals surface area contributed by atoms with E-state index < -0.39 is 0 Å². The number of carbonyl (C=O) groups is 1. The summed E-state index contributed by atoms with van der Waals surface area (Å²) in [6.07, 6.45) is 1.58. The minimum atomic E-state index is -0.193. The molecule has 2 aromatic rings. The molecule has 1 unspecified atom stereocenters. The molecule has 21 heavy (non-hydrogen) atoms. The van der Waals surface area contributed by atoms with Gasteiger partial charge in [-0.3, -0.25) is 4.79 Å². The first-order valence-electron chi connectivity index (χ1n) is 6.66. The molecule has 2 rings (SSSR count). The van der Waals surface area contributed by atoms with Crippen molar-refractivity contribution >= 4 is 5.91 Å². The molecule has 2 N–H and O–H groups in total. The van der Waals surface area contributed by atoms with Crippen LogP contribution in [-0.4, -0.2) is 17.6 Å². The quantitative estimate of drug-likeness (QED) is 0.850. The third kappa shape index (κ3) is 3.74. The lowest BCUT2D eigenvalue weighted by Crippen LogP contribution is -2.26. The maximum Gasteiger partial charge on any atom is 0.251 e. The molecule has 4 heteroatoms. The Kier molecular flexibility index (Phi) is 4.81. The lowest BCUT2D eigenvalue weighted by molar-refractivity contribution is 0.0935. The van der Waals surface area contributed by atoms with Gasteiger partial charge in [-0.25, -0.2) is 0 Å². The van der Waals surface area contributed by atoms with Crippen molar-refractivity contribution < 1.29 is 14.3 Å². The van der Waals surface area contributed by atoms with Crippen LogP contribution in [0.15, 0.2) is 41.0 Å². The van der Waals surface area contributed by atoms with E-state index in [2.05, 4.69) is 17.2 Å². The molecule has 108 valence electrons. The van der Waals surface area contributed by atoms with E-state index in [0.29, 0.717) is 11.3 Å². The van der Waals surface area contributed by atoms with E-state index in [4.69, 9.17) is 9.52 Å². The molecule has 0 fully saturated rings. The van der Waals surface area contributed by atoms with Gasteiger partial charge in [0.05, 0.1) is 12.3 Å². The molecule has 0 saturated heterocycles. The van der Waals surface area contributed by atoms with Crippen molar-refractivity contribution in [3.63, 3.8) is 0 Å². The zero-order chi connectivity index (χ0) is 15.2. The fourth-order valence-electron chi connectivity index (χ4n) is 1.97. The van der Waals surface area contributed by atoms with Crippen molar-refractivity contribution in [1.82, 2.24) is 5.32 Å². The van der Waals surface area contributed by atoms with Gasteiger partial charge >= 0.3 is 0 Å². The number of rotatable bonds is 3. The Bertz CT molecular complexity index is 678. The summed E-state index contributed by atoms with van der Waals surface area (Å²) in [6, 6.07) is 8.71. The van der Waals surface area contributed by atoms with Crippen LogP contribution in [0.4, 0.5) is 0 Å². The molecule has 1 amide bonds. The summed E-state index contributed by atoms with van der Waals surface area (Å²) < 4.78 is 5.26. The van der Waals surface area contributed by atoms with E-state index in [9.17, 15) is 4.79 Å². The molecule has 0 spiro atoms. The zero-order valence-corrected chi connectivity index (χ0v) is 12.0. The second-order valence-corrected chi connectivity index (χ2v) is 4.70. The topological polar surface area (TPSA) is 62.5 Å². The molecule has 1 aromatic heterocycles. The van der Waals surface area contributed by atoms with E-state index in [1.54, 1.807) is 30.5 Å². The summed E-state index contributed by atoms with van der Waals surface area (Å²) in [5.41, 5.74) is 2.27. The van der Waals surface area contributed by atoms with Gasteiger partial charge in [-0.2, -0.15) is 0 Å². The minimum absolute atomic E-state index is 0.163. The molecule has 4 nitrogen and oxygen atoms in total.